The summed E-state index contributed by atoms with van der Waals surface area (Å²) >= 11 is 3.51. The number of nitrogens with zero attached hydrogens (tertiary/aromatic N) is 6. The van der Waals surface area contributed by atoms with Crippen LogP contribution in [0.5, 0.6) is 0 Å². The number of hydrogen-bond donors (Lipinski definition) is 0. The van der Waals surface area contributed by atoms with E-state index in [1.54, 1.807) is 63.1 Å². The Morgan fingerprint density at radius 1 is 0.478 bits per heavy atom. The van der Waals surface area contributed by atoms with Crippen LogP contribution in [0.15, 0.2) is 102 Å². The number of halogens is 1. The fourth-order valence-electron chi connectivity index (χ4n) is 4.97. The van der Waals surface area contributed by atoms with Crippen molar-refractivity contribution in [2.75, 3.05) is 71.7 Å². The van der Waals surface area contributed by atoms with Gasteiger partial charge in [-0.25, -0.2) is 14.4 Å². The molecule has 0 aromatic heterocycles. The van der Waals surface area contributed by atoms with Crippen molar-refractivity contribution >= 4 is 68.1 Å². The van der Waals surface area contributed by atoms with Crippen LogP contribution in [0.4, 0.5) is 48.5 Å². The standard InChI is InChI=1S/C36H41BrN6O3/c1-25(2)26-14-11-15-27(22-26)38(3)34(44)39(4)28-16-12-17-29(23-28)40(5)35(45)41(6)30-18-13-19-31(24-30)42(7)36(46)43(8)33-21-10-9-20-32(33)37/h9-25H,1-8H3. The van der Waals surface area contributed by atoms with Gasteiger partial charge in [-0.15, -0.1) is 0 Å². The Kier molecular flexibility index (Phi) is 10.7. The largest absolute Gasteiger partial charge is 0.328 e. The molecule has 0 fully saturated rings. The summed E-state index contributed by atoms with van der Waals surface area (Å²) in [5.74, 6) is 0.346. The Labute approximate surface area is 280 Å². The molecule has 9 nitrogen and oxygen atoms in total. The summed E-state index contributed by atoms with van der Waals surface area (Å²) in [6.07, 6.45) is 0. The number of para-hydroxylation sites is 1. The number of anilines is 6. The number of rotatable bonds is 7. The predicted molar refractivity (Wildman–Crippen MR) is 194 cm³/mol. The van der Waals surface area contributed by atoms with Gasteiger partial charge in [-0.3, -0.25) is 29.4 Å². The van der Waals surface area contributed by atoms with E-state index in [-0.39, 0.29) is 18.1 Å². The Morgan fingerprint density at radius 3 is 1.22 bits per heavy atom. The molecule has 46 heavy (non-hydrogen) atoms. The van der Waals surface area contributed by atoms with Crippen molar-refractivity contribution in [1.29, 1.82) is 0 Å². The van der Waals surface area contributed by atoms with Crippen molar-refractivity contribution in [3.8, 4) is 0 Å². The first kappa shape index (κ1) is 34.1. The molecule has 0 saturated carbocycles. The molecular formula is C36H41BrN6O3. The van der Waals surface area contributed by atoms with E-state index in [0.717, 1.165) is 21.4 Å². The van der Waals surface area contributed by atoms with E-state index in [2.05, 4.69) is 35.8 Å². The minimum Gasteiger partial charge on any atom is -0.297 e. The summed E-state index contributed by atoms with van der Waals surface area (Å²) in [5.41, 5.74) is 5.22. The Morgan fingerprint density at radius 2 is 0.826 bits per heavy atom. The van der Waals surface area contributed by atoms with Crippen molar-refractivity contribution < 1.29 is 14.4 Å². The Bertz CT molecular complexity index is 1730. The van der Waals surface area contributed by atoms with Crippen molar-refractivity contribution in [2.45, 2.75) is 19.8 Å². The molecular weight excluding hydrogens is 644 g/mol. The molecule has 0 atom stereocenters. The maximum atomic E-state index is 13.7. The molecule has 0 N–H and O–H groups in total. The molecule has 0 saturated heterocycles. The van der Waals surface area contributed by atoms with Gasteiger partial charge in [0.2, 0.25) is 0 Å². The lowest BCUT2D eigenvalue weighted by atomic mass is 10.0. The zero-order valence-corrected chi connectivity index (χ0v) is 29.2. The minimum atomic E-state index is -0.287. The maximum Gasteiger partial charge on any atom is 0.328 e. The molecule has 10 heteroatoms. The molecule has 0 bridgehead atoms. The third-order valence-electron chi connectivity index (χ3n) is 8.07. The number of hydrogen-bond acceptors (Lipinski definition) is 3. The summed E-state index contributed by atoms with van der Waals surface area (Å²) in [4.78, 5) is 49.7. The smallest absolute Gasteiger partial charge is 0.297 e. The quantitative estimate of drug-likeness (QED) is 0.196. The van der Waals surface area contributed by atoms with Crippen LogP contribution in [-0.4, -0.2) is 60.4 Å². The molecule has 0 aliphatic heterocycles. The van der Waals surface area contributed by atoms with Gasteiger partial charge in [-0.2, -0.15) is 0 Å². The number of benzene rings is 4. The van der Waals surface area contributed by atoms with Gasteiger partial charge >= 0.3 is 18.1 Å². The van der Waals surface area contributed by atoms with E-state index < -0.39 is 0 Å². The van der Waals surface area contributed by atoms with Crippen LogP contribution in [0.3, 0.4) is 0 Å². The minimum absolute atomic E-state index is 0.204. The topological polar surface area (TPSA) is 70.7 Å². The van der Waals surface area contributed by atoms with Gasteiger partial charge in [-0.1, -0.05) is 50.2 Å². The van der Waals surface area contributed by atoms with Crippen molar-refractivity contribution in [3.05, 3.63) is 107 Å². The van der Waals surface area contributed by atoms with Gasteiger partial charge in [-0.05, 0) is 88.1 Å². The van der Waals surface area contributed by atoms with Gasteiger partial charge in [0.15, 0.2) is 0 Å². The first-order valence-electron chi connectivity index (χ1n) is 14.9. The summed E-state index contributed by atoms with van der Waals surface area (Å²) in [6.45, 7) is 4.24. The van der Waals surface area contributed by atoms with Gasteiger partial charge in [0.05, 0.1) is 5.69 Å². The molecule has 4 rings (SSSR count). The predicted octanol–water partition coefficient (Wildman–Crippen LogP) is 8.65. The second kappa shape index (κ2) is 14.5. The van der Waals surface area contributed by atoms with Crippen LogP contribution < -0.4 is 29.4 Å². The SMILES string of the molecule is CC(C)c1cccc(N(C)C(=O)N(C)c2cccc(N(C)C(=O)N(C)c3cccc(N(C)C(=O)N(C)c4ccccc4Br)c3)c2)c1. The number of urea groups is 3. The summed E-state index contributed by atoms with van der Waals surface area (Å²) in [6, 6.07) is 29.3. The summed E-state index contributed by atoms with van der Waals surface area (Å²) < 4.78 is 0.810. The second-order valence-electron chi connectivity index (χ2n) is 11.4. The summed E-state index contributed by atoms with van der Waals surface area (Å²) in [7, 11) is 10.3. The normalized spacial score (nSPS) is 10.7. The van der Waals surface area contributed by atoms with Gasteiger partial charge < -0.3 is 0 Å². The van der Waals surface area contributed by atoms with Crippen LogP contribution in [0.2, 0.25) is 0 Å². The zero-order chi connectivity index (χ0) is 33.7. The molecule has 0 heterocycles. The molecule has 0 unspecified atom stereocenters. The lowest BCUT2D eigenvalue weighted by Gasteiger charge is -2.29. The first-order chi connectivity index (χ1) is 21.8. The Balaban J connectivity index is 1.48. The lowest BCUT2D eigenvalue weighted by Crippen LogP contribution is -2.40. The van der Waals surface area contributed by atoms with Crippen molar-refractivity contribution in [2.24, 2.45) is 0 Å². The van der Waals surface area contributed by atoms with E-state index in [4.69, 9.17) is 0 Å². The molecule has 0 aliphatic carbocycles. The summed E-state index contributed by atoms with van der Waals surface area (Å²) in [5, 5.41) is 0. The molecule has 6 amide bonds. The lowest BCUT2D eigenvalue weighted by molar-refractivity contribution is 0.253. The monoisotopic (exact) mass is 684 g/mol. The van der Waals surface area contributed by atoms with Crippen LogP contribution in [-0.2, 0) is 0 Å². The number of amides is 6. The highest BCUT2D eigenvalue weighted by Crippen LogP contribution is 2.29. The van der Waals surface area contributed by atoms with Crippen LogP contribution in [0.25, 0.3) is 0 Å². The highest BCUT2D eigenvalue weighted by molar-refractivity contribution is 9.10. The number of carbonyl (C=O) groups is 3. The highest BCUT2D eigenvalue weighted by Gasteiger charge is 2.23. The molecule has 0 radical (unpaired) electrons. The fraction of sp³-hybridized carbons (Fsp3) is 0.250. The molecule has 4 aromatic carbocycles. The van der Waals surface area contributed by atoms with Crippen molar-refractivity contribution in [3.63, 3.8) is 0 Å². The maximum absolute atomic E-state index is 13.7. The molecule has 0 aliphatic rings. The van der Waals surface area contributed by atoms with Gasteiger partial charge in [0.25, 0.3) is 0 Å². The molecule has 4 aromatic rings. The molecule has 0 spiro atoms. The van der Waals surface area contributed by atoms with Gasteiger partial charge in [0, 0.05) is 75.2 Å². The third-order valence-corrected chi connectivity index (χ3v) is 8.74. The third kappa shape index (κ3) is 7.34. The van der Waals surface area contributed by atoms with E-state index in [0.29, 0.717) is 28.7 Å². The zero-order valence-electron chi connectivity index (χ0n) is 27.6. The van der Waals surface area contributed by atoms with E-state index in [1.165, 1.54) is 14.7 Å². The van der Waals surface area contributed by atoms with E-state index in [9.17, 15) is 14.4 Å². The number of carbonyl (C=O) groups excluding carboxylic acids is 3. The van der Waals surface area contributed by atoms with E-state index in [1.807, 2.05) is 84.9 Å². The van der Waals surface area contributed by atoms with Crippen LogP contribution >= 0.6 is 15.9 Å². The average molecular weight is 686 g/mol. The average Bonchev–Trinajstić information content (AvgIpc) is 3.09. The Hall–Kier alpha value is -4.83. The van der Waals surface area contributed by atoms with Crippen molar-refractivity contribution in [1.82, 2.24) is 0 Å². The van der Waals surface area contributed by atoms with Gasteiger partial charge in [0.1, 0.15) is 0 Å². The van der Waals surface area contributed by atoms with Crippen LogP contribution in [0, 0.1) is 0 Å². The first-order valence-corrected chi connectivity index (χ1v) is 15.7. The molecule has 240 valence electrons. The van der Waals surface area contributed by atoms with Crippen LogP contribution in [0.1, 0.15) is 25.3 Å². The highest BCUT2D eigenvalue weighted by atomic mass is 79.9. The second-order valence-corrected chi connectivity index (χ2v) is 12.3. The fourth-order valence-corrected chi connectivity index (χ4v) is 5.52. The van der Waals surface area contributed by atoms with E-state index >= 15 is 0 Å².